The van der Waals surface area contributed by atoms with Gasteiger partial charge in [-0.1, -0.05) is 12.1 Å². The summed E-state index contributed by atoms with van der Waals surface area (Å²) in [5, 5.41) is 60.7. The van der Waals surface area contributed by atoms with Crippen LogP contribution in [0.5, 0.6) is 23.0 Å². The van der Waals surface area contributed by atoms with Gasteiger partial charge in [0, 0.05) is 11.8 Å². The lowest BCUT2D eigenvalue weighted by Gasteiger charge is -2.41. The van der Waals surface area contributed by atoms with E-state index in [4.69, 9.17) is 28.4 Å². The molecule has 5 rings (SSSR count). The lowest BCUT2D eigenvalue weighted by molar-refractivity contribution is -0.341. The number of ether oxygens (including phenoxy) is 6. The number of methoxy groups -OCH3 is 2. The smallest absolute Gasteiger partial charge is 0.189 e. The number of fused-ring (bicyclic) bond motifs is 1. The summed E-state index contributed by atoms with van der Waals surface area (Å²) in [7, 11) is 2.88. The van der Waals surface area contributed by atoms with Crippen LogP contribution in [-0.2, 0) is 18.9 Å². The molecule has 3 saturated heterocycles. The molecule has 3 heterocycles. The summed E-state index contributed by atoms with van der Waals surface area (Å²) >= 11 is 0. The van der Waals surface area contributed by atoms with Gasteiger partial charge in [0.25, 0.3) is 0 Å². The summed E-state index contributed by atoms with van der Waals surface area (Å²) in [4.78, 5) is 0. The van der Waals surface area contributed by atoms with E-state index in [1.807, 2.05) is 0 Å². The third-order valence-corrected chi connectivity index (χ3v) is 7.48. The molecule has 6 N–H and O–H groups in total. The standard InChI is InChI=1S/C26H32O12/c1-33-16-7-11(3-5-14(16)28)23-13-10-35-24(12-4-6-15(29)17(8-12)34-2)19(13)25(37-23)38-26-22(32)21(31)20(30)18(9-27)36-26/h3-8,13,18-32H,9-10H2,1-2H3/t13-,18+,19-,20+,21-,22+,23-,24+,25+,26-/m0/s1. The summed E-state index contributed by atoms with van der Waals surface area (Å²) in [6.07, 6.45) is -9.46. The molecule has 2 aromatic carbocycles. The summed E-state index contributed by atoms with van der Waals surface area (Å²) in [6, 6.07) is 9.71. The molecule has 3 fully saturated rings. The Kier molecular flexibility index (Phi) is 7.67. The van der Waals surface area contributed by atoms with Gasteiger partial charge in [0.15, 0.2) is 35.6 Å². The van der Waals surface area contributed by atoms with Crippen molar-refractivity contribution in [1.82, 2.24) is 0 Å². The monoisotopic (exact) mass is 536 g/mol. The molecule has 0 saturated carbocycles. The molecule has 208 valence electrons. The van der Waals surface area contributed by atoms with Crippen molar-refractivity contribution in [2.75, 3.05) is 27.4 Å². The fourth-order valence-corrected chi connectivity index (χ4v) is 5.45. The van der Waals surface area contributed by atoms with Gasteiger partial charge in [0.1, 0.15) is 24.4 Å². The van der Waals surface area contributed by atoms with Crippen molar-refractivity contribution in [2.24, 2.45) is 11.8 Å². The molecule has 38 heavy (non-hydrogen) atoms. The van der Waals surface area contributed by atoms with Crippen molar-refractivity contribution < 1.29 is 59.1 Å². The molecule has 0 aromatic heterocycles. The maximum atomic E-state index is 10.6. The summed E-state index contributed by atoms with van der Waals surface area (Å²) < 4.78 is 34.7. The molecule has 3 aliphatic heterocycles. The second kappa shape index (κ2) is 10.8. The molecule has 10 atom stereocenters. The van der Waals surface area contributed by atoms with Crippen molar-refractivity contribution >= 4 is 0 Å². The predicted octanol–water partition coefficient (Wildman–Crippen LogP) is 0.333. The van der Waals surface area contributed by atoms with E-state index in [2.05, 4.69) is 0 Å². The highest BCUT2D eigenvalue weighted by Crippen LogP contribution is 2.55. The first kappa shape index (κ1) is 26.9. The van der Waals surface area contributed by atoms with Crippen LogP contribution in [0.15, 0.2) is 36.4 Å². The van der Waals surface area contributed by atoms with E-state index in [-0.39, 0.29) is 35.5 Å². The maximum Gasteiger partial charge on any atom is 0.189 e. The SMILES string of the molecule is COc1cc([C@H]2OC[C@H]3[C@@H]2[C@@H](O[C@@H]2O[C@H](CO)[C@@H](O)[C@H](O)[C@H]2O)O[C@H]3c2ccc(O)c(OC)c2)ccc1O. The first-order valence-corrected chi connectivity index (χ1v) is 12.2. The minimum atomic E-state index is -1.61. The maximum absolute atomic E-state index is 10.6. The van der Waals surface area contributed by atoms with Crippen LogP contribution in [0, 0.1) is 11.8 Å². The van der Waals surface area contributed by atoms with Crippen LogP contribution in [0.3, 0.4) is 0 Å². The molecule has 0 spiro atoms. The van der Waals surface area contributed by atoms with Crippen LogP contribution in [-0.4, -0.2) is 95.1 Å². The Balaban J connectivity index is 1.48. The topological polar surface area (TPSA) is 177 Å². The van der Waals surface area contributed by atoms with Crippen LogP contribution in [0.2, 0.25) is 0 Å². The Labute approximate surface area is 218 Å². The van der Waals surface area contributed by atoms with Gasteiger partial charge >= 0.3 is 0 Å². The molecule has 0 aliphatic carbocycles. The van der Waals surface area contributed by atoms with Crippen molar-refractivity contribution in [3.05, 3.63) is 47.5 Å². The summed E-state index contributed by atoms with van der Waals surface area (Å²) in [5.74, 6) is -0.224. The number of aliphatic hydroxyl groups is 4. The molecular formula is C26H32O12. The number of hydrogen-bond acceptors (Lipinski definition) is 12. The zero-order chi connectivity index (χ0) is 27.1. The van der Waals surface area contributed by atoms with Gasteiger partial charge in [0.2, 0.25) is 0 Å². The average Bonchev–Trinajstić information content (AvgIpc) is 3.51. The number of rotatable bonds is 7. The Morgan fingerprint density at radius 3 is 1.97 bits per heavy atom. The van der Waals surface area contributed by atoms with Gasteiger partial charge in [-0.3, -0.25) is 0 Å². The number of hydrogen-bond donors (Lipinski definition) is 6. The van der Waals surface area contributed by atoms with E-state index in [1.54, 1.807) is 24.3 Å². The molecule has 0 bridgehead atoms. The van der Waals surface area contributed by atoms with E-state index in [0.717, 1.165) is 0 Å². The van der Waals surface area contributed by atoms with E-state index in [0.29, 0.717) is 11.1 Å². The van der Waals surface area contributed by atoms with E-state index in [9.17, 15) is 30.6 Å². The zero-order valence-electron chi connectivity index (χ0n) is 20.8. The number of aliphatic hydroxyl groups excluding tert-OH is 4. The van der Waals surface area contributed by atoms with Crippen molar-refractivity contribution in [3.63, 3.8) is 0 Å². The lowest BCUT2D eigenvalue weighted by Crippen LogP contribution is -2.60. The Hall–Kier alpha value is -2.68. The van der Waals surface area contributed by atoms with Crippen LogP contribution < -0.4 is 9.47 Å². The minimum absolute atomic E-state index is 0.0309. The molecular weight excluding hydrogens is 504 g/mol. The van der Waals surface area contributed by atoms with Crippen molar-refractivity contribution in [2.45, 2.75) is 49.2 Å². The molecule has 3 aliphatic rings. The van der Waals surface area contributed by atoms with Gasteiger partial charge in [-0.15, -0.1) is 0 Å². The normalized spacial score (nSPS) is 36.7. The van der Waals surface area contributed by atoms with E-state index < -0.39 is 61.7 Å². The second-order valence-electron chi connectivity index (χ2n) is 9.62. The van der Waals surface area contributed by atoms with Crippen molar-refractivity contribution in [3.8, 4) is 23.0 Å². The molecule has 0 unspecified atom stereocenters. The van der Waals surface area contributed by atoms with Gasteiger partial charge < -0.3 is 59.1 Å². The van der Waals surface area contributed by atoms with Crippen LogP contribution in [0.1, 0.15) is 23.3 Å². The number of phenolic OH excluding ortho intramolecular Hbond substituents is 2. The van der Waals surface area contributed by atoms with Crippen LogP contribution in [0.4, 0.5) is 0 Å². The summed E-state index contributed by atoms with van der Waals surface area (Å²) in [5.41, 5.74) is 1.39. The third kappa shape index (κ3) is 4.67. The highest BCUT2D eigenvalue weighted by atomic mass is 16.8. The number of benzene rings is 2. The Bertz CT molecular complexity index is 1070. The summed E-state index contributed by atoms with van der Waals surface area (Å²) in [6.45, 7) is -0.321. The molecule has 12 heteroatoms. The first-order valence-electron chi connectivity index (χ1n) is 12.2. The molecule has 2 aromatic rings. The van der Waals surface area contributed by atoms with Crippen LogP contribution >= 0.6 is 0 Å². The van der Waals surface area contributed by atoms with Gasteiger partial charge in [-0.25, -0.2) is 0 Å². The molecule has 12 nitrogen and oxygen atoms in total. The van der Waals surface area contributed by atoms with Gasteiger partial charge in [0.05, 0.1) is 39.6 Å². The molecule has 0 amide bonds. The van der Waals surface area contributed by atoms with E-state index in [1.165, 1.54) is 26.4 Å². The van der Waals surface area contributed by atoms with E-state index >= 15 is 0 Å². The highest BCUT2D eigenvalue weighted by Gasteiger charge is 2.56. The zero-order valence-corrected chi connectivity index (χ0v) is 20.8. The lowest BCUT2D eigenvalue weighted by atomic mass is 9.84. The number of phenols is 2. The fraction of sp³-hybridized carbons (Fsp3) is 0.538. The van der Waals surface area contributed by atoms with Crippen LogP contribution in [0.25, 0.3) is 0 Å². The largest absolute Gasteiger partial charge is 0.504 e. The van der Waals surface area contributed by atoms with Crippen molar-refractivity contribution in [1.29, 1.82) is 0 Å². The first-order chi connectivity index (χ1) is 18.3. The Morgan fingerprint density at radius 1 is 0.789 bits per heavy atom. The van der Waals surface area contributed by atoms with Gasteiger partial charge in [-0.05, 0) is 35.4 Å². The minimum Gasteiger partial charge on any atom is -0.504 e. The highest BCUT2D eigenvalue weighted by molar-refractivity contribution is 5.44. The number of aromatic hydroxyl groups is 2. The third-order valence-electron chi connectivity index (χ3n) is 7.48. The quantitative estimate of drug-likeness (QED) is 0.286. The molecule has 0 radical (unpaired) electrons. The Morgan fingerprint density at radius 2 is 1.39 bits per heavy atom. The fourth-order valence-electron chi connectivity index (χ4n) is 5.45. The van der Waals surface area contributed by atoms with Gasteiger partial charge in [-0.2, -0.15) is 0 Å². The average molecular weight is 537 g/mol. The second-order valence-corrected chi connectivity index (χ2v) is 9.62. The predicted molar refractivity (Wildman–Crippen MR) is 127 cm³/mol.